The van der Waals surface area contributed by atoms with Crippen molar-refractivity contribution in [3.8, 4) is 0 Å². The molecule has 3 heteroatoms. The summed E-state index contributed by atoms with van der Waals surface area (Å²) < 4.78 is 0. The van der Waals surface area contributed by atoms with Crippen LogP contribution in [0.2, 0.25) is 0 Å². The second-order valence-corrected chi connectivity index (χ2v) is 6.07. The van der Waals surface area contributed by atoms with Crippen LogP contribution < -0.4 is 5.73 Å². The van der Waals surface area contributed by atoms with Crippen LogP contribution in [-0.4, -0.2) is 48.6 Å². The Labute approximate surface area is 117 Å². The maximum atomic E-state index is 6.29. The lowest BCUT2D eigenvalue weighted by Crippen LogP contribution is -2.54. The van der Waals surface area contributed by atoms with E-state index in [-0.39, 0.29) is 6.04 Å². The van der Waals surface area contributed by atoms with Gasteiger partial charge in [-0.05, 0) is 33.4 Å². The fraction of sp³-hybridized carbons (Fsp3) is 0.625. The average Bonchev–Trinajstić information content (AvgIpc) is 2.32. The third-order valence-corrected chi connectivity index (χ3v) is 4.12. The van der Waals surface area contributed by atoms with Crippen LogP contribution >= 0.6 is 0 Å². The van der Waals surface area contributed by atoms with Crippen LogP contribution in [0.5, 0.6) is 0 Å². The number of hydrogen-bond donors (Lipinski definition) is 1. The Morgan fingerprint density at radius 1 is 1.32 bits per heavy atom. The molecule has 2 N–H and O–H groups in total. The first-order valence-electron chi connectivity index (χ1n) is 7.25. The highest BCUT2D eigenvalue weighted by Crippen LogP contribution is 2.28. The van der Waals surface area contributed by atoms with Crippen LogP contribution in [0.25, 0.3) is 0 Å². The summed E-state index contributed by atoms with van der Waals surface area (Å²) in [4.78, 5) is 4.97. The van der Waals surface area contributed by atoms with Gasteiger partial charge < -0.3 is 10.6 Å². The molecule has 1 heterocycles. The van der Waals surface area contributed by atoms with Gasteiger partial charge in [0.15, 0.2) is 0 Å². The van der Waals surface area contributed by atoms with Gasteiger partial charge in [-0.2, -0.15) is 0 Å². The van der Waals surface area contributed by atoms with E-state index < -0.39 is 0 Å². The number of rotatable bonds is 3. The summed E-state index contributed by atoms with van der Waals surface area (Å²) in [5.74, 6) is 0. The summed E-state index contributed by atoms with van der Waals surface area (Å²) in [6.07, 6.45) is 0. The molecule has 3 nitrogen and oxygen atoms in total. The van der Waals surface area contributed by atoms with Crippen molar-refractivity contribution < 1.29 is 0 Å². The zero-order valence-corrected chi connectivity index (χ0v) is 12.6. The Bertz CT molecular complexity index is 416. The van der Waals surface area contributed by atoms with E-state index in [1.54, 1.807) is 0 Å². The maximum absolute atomic E-state index is 6.29. The van der Waals surface area contributed by atoms with Crippen molar-refractivity contribution in [2.45, 2.75) is 38.9 Å². The van der Waals surface area contributed by atoms with Crippen LogP contribution in [0, 0.1) is 6.92 Å². The van der Waals surface area contributed by atoms with E-state index in [2.05, 4.69) is 61.9 Å². The van der Waals surface area contributed by atoms with Crippen molar-refractivity contribution in [2.75, 3.05) is 26.7 Å². The molecule has 3 atom stereocenters. The van der Waals surface area contributed by atoms with Crippen LogP contribution in [0.1, 0.15) is 31.0 Å². The minimum absolute atomic E-state index is 0.146. The lowest BCUT2D eigenvalue weighted by Gasteiger charge is -2.44. The summed E-state index contributed by atoms with van der Waals surface area (Å²) in [6, 6.07) is 9.80. The number of nitrogens with two attached hydrogens (primary N) is 1. The topological polar surface area (TPSA) is 32.5 Å². The SMILES string of the molecule is Cc1cccc(C(C(C)N)N2CCN(C)CC2C)c1. The number of likely N-dealkylation sites (N-methyl/N-ethyl adjacent to an activating group) is 1. The lowest BCUT2D eigenvalue weighted by atomic mass is 9.95. The molecule has 1 aromatic rings. The van der Waals surface area contributed by atoms with Gasteiger partial charge >= 0.3 is 0 Å². The molecule has 1 fully saturated rings. The normalized spacial score (nSPS) is 25.2. The van der Waals surface area contributed by atoms with Crippen LogP contribution in [0.15, 0.2) is 24.3 Å². The maximum Gasteiger partial charge on any atom is 0.0500 e. The minimum atomic E-state index is 0.146. The van der Waals surface area contributed by atoms with E-state index in [1.807, 2.05) is 0 Å². The van der Waals surface area contributed by atoms with Crippen molar-refractivity contribution in [1.82, 2.24) is 9.80 Å². The minimum Gasteiger partial charge on any atom is -0.326 e. The van der Waals surface area contributed by atoms with Gasteiger partial charge in [0.2, 0.25) is 0 Å². The molecule has 0 aliphatic carbocycles. The Morgan fingerprint density at radius 2 is 2.05 bits per heavy atom. The number of aryl methyl sites for hydroxylation is 1. The Kier molecular flexibility index (Phi) is 4.61. The summed E-state index contributed by atoms with van der Waals surface area (Å²) in [6.45, 7) is 9.92. The molecule has 19 heavy (non-hydrogen) atoms. The molecule has 0 amide bonds. The van der Waals surface area contributed by atoms with Crippen molar-refractivity contribution in [3.05, 3.63) is 35.4 Å². The molecular formula is C16H27N3. The van der Waals surface area contributed by atoms with Crippen molar-refractivity contribution in [1.29, 1.82) is 0 Å². The molecule has 106 valence electrons. The second-order valence-electron chi connectivity index (χ2n) is 6.07. The molecule has 1 aromatic carbocycles. The van der Waals surface area contributed by atoms with Gasteiger partial charge in [0, 0.05) is 37.8 Å². The summed E-state index contributed by atoms with van der Waals surface area (Å²) >= 11 is 0. The monoisotopic (exact) mass is 261 g/mol. The zero-order valence-electron chi connectivity index (χ0n) is 12.6. The lowest BCUT2D eigenvalue weighted by molar-refractivity contribution is 0.0521. The third-order valence-electron chi connectivity index (χ3n) is 4.12. The van der Waals surface area contributed by atoms with Gasteiger partial charge in [0.1, 0.15) is 0 Å². The number of benzene rings is 1. The molecule has 1 aliphatic heterocycles. The van der Waals surface area contributed by atoms with E-state index >= 15 is 0 Å². The van der Waals surface area contributed by atoms with Crippen molar-refractivity contribution in [3.63, 3.8) is 0 Å². The van der Waals surface area contributed by atoms with E-state index in [1.165, 1.54) is 11.1 Å². The number of hydrogen-bond acceptors (Lipinski definition) is 3. The molecule has 0 saturated carbocycles. The van der Waals surface area contributed by atoms with Crippen molar-refractivity contribution >= 4 is 0 Å². The molecule has 1 saturated heterocycles. The molecular weight excluding hydrogens is 234 g/mol. The fourth-order valence-corrected chi connectivity index (χ4v) is 3.22. The van der Waals surface area contributed by atoms with E-state index in [4.69, 9.17) is 5.73 Å². The van der Waals surface area contributed by atoms with Gasteiger partial charge in [0.25, 0.3) is 0 Å². The second kappa shape index (κ2) is 6.04. The zero-order chi connectivity index (χ0) is 14.0. The molecule has 2 rings (SSSR count). The number of nitrogens with zero attached hydrogens (tertiary/aromatic N) is 2. The van der Waals surface area contributed by atoms with Gasteiger partial charge in [-0.3, -0.25) is 4.90 Å². The predicted molar refractivity (Wildman–Crippen MR) is 81.2 cm³/mol. The van der Waals surface area contributed by atoms with Gasteiger partial charge in [-0.15, -0.1) is 0 Å². The van der Waals surface area contributed by atoms with Crippen LogP contribution in [-0.2, 0) is 0 Å². The summed E-state index contributed by atoms with van der Waals surface area (Å²) in [5, 5.41) is 0. The molecule has 1 aliphatic rings. The molecule has 0 aromatic heterocycles. The van der Waals surface area contributed by atoms with Crippen molar-refractivity contribution in [2.24, 2.45) is 5.73 Å². The van der Waals surface area contributed by atoms with E-state index in [0.717, 1.165) is 19.6 Å². The first-order valence-corrected chi connectivity index (χ1v) is 7.25. The Balaban J connectivity index is 2.25. The van der Waals surface area contributed by atoms with Gasteiger partial charge in [-0.1, -0.05) is 29.8 Å². The largest absolute Gasteiger partial charge is 0.326 e. The van der Waals surface area contributed by atoms with Crippen LogP contribution in [0.4, 0.5) is 0 Å². The first kappa shape index (κ1) is 14.5. The van der Waals surface area contributed by atoms with Gasteiger partial charge in [-0.25, -0.2) is 0 Å². The Hall–Kier alpha value is -0.900. The summed E-state index contributed by atoms with van der Waals surface area (Å²) in [5.41, 5.74) is 8.95. The highest BCUT2D eigenvalue weighted by atomic mass is 15.3. The van der Waals surface area contributed by atoms with E-state index in [9.17, 15) is 0 Å². The Morgan fingerprint density at radius 3 is 2.63 bits per heavy atom. The first-order chi connectivity index (χ1) is 8.99. The summed E-state index contributed by atoms with van der Waals surface area (Å²) in [7, 11) is 2.20. The molecule has 0 spiro atoms. The highest BCUT2D eigenvalue weighted by molar-refractivity contribution is 5.26. The average molecular weight is 261 g/mol. The molecule has 0 bridgehead atoms. The number of piperazine rings is 1. The standard InChI is InChI=1S/C16H27N3/c1-12-6-5-7-15(10-12)16(14(3)17)19-9-8-18(4)11-13(19)2/h5-7,10,13-14,16H,8-9,11,17H2,1-4H3. The highest BCUT2D eigenvalue weighted by Gasteiger charge is 2.31. The van der Waals surface area contributed by atoms with Gasteiger partial charge in [0.05, 0.1) is 0 Å². The molecule has 3 unspecified atom stereocenters. The third kappa shape index (κ3) is 3.35. The smallest absolute Gasteiger partial charge is 0.0500 e. The quantitative estimate of drug-likeness (QED) is 0.903. The molecule has 0 radical (unpaired) electrons. The predicted octanol–water partition coefficient (Wildman–Crippen LogP) is 2.02. The van der Waals surface area contributed by atoms with E-state index in [0.29, 0.717) is 12.1 Å². The van der Waals surface area contributed by atoms with Crippen LogP contribution in [0.3, 0.4) is 0 Å². The fourth-order valence-electron chi connectivity index (χ4n) is 3.22.